The number of hydrogen-bond acceptors (Lipinski definition) is 7. The SMILES string of the molecule is CCOc1ccc(S(=O)(=O)N[C@@H](Cc2ccccc2)C(=O)Nc2ccc3sc(C(=O)OC)cc3c2)cc1C. The molecule has 0 saturated carbocycles. The van der Waals surface area contributed by atoms with Crippen LogP contribution in [-0.4, -0.2) is 40.1 Å². The van der Waals surface area contributed by atoms with E-state index in [1.165, 1.54) is 30.6 Å². The summed E-state index contributed by atoms with van der Waals surface area (Å²) in [6.45, 7) is 4.09. The van der Waals surface area contributed by atoms with Crippen molar-refractivity contribution in [2.45, 2.75) is 31.2 Å². The third-order valence-corrected chi connectivity index (χ3v) is 8.39. The minimum absolute atomic E-state index is 0.0411. The largest absolute Gasteiger partial charge is 0.494 e. The maximum Gasteiger partial charge on any atom is 0.348 e. The zero-order chi connectivity index (χ0) is 27.3. The maximum absolute atomic E-state index is 13.4. The number of esters is 1. The first kappa shape index (κ1) is 27.3. The Morgan fingerprint density at radius 1 is 1.00 bits per heavy atom. The van der Waals surface area contributed by atoms with Gasteiger partial charge in [0.25, 0.3) is 0 Å². The first-order chi connectivity index (χ1) is 18.2. The topological polar surface area (TPSA) is 111 Å². The lowest BCUT2D eigenvalue weighted by Crippen LogP contribution is -2.45. The van der Waals surface area contributed by atoms with E-state index in [1.54, 1.807) is 37.3 Å². The quantitative estimate of drug-likeness (QED) is 0.270. The molecule has 8 nitrogen and oxygen atoms in total. The van der Waals surface area contributed by atoms with Gasteiger partial charge in [0, 0.05) is 10.4 Å². The van der Waals surface area contributed by atoms with Gasteiger partial charge in [-0.1, -0.05) is 30.3 Å². The van der Waals surface area contributed by atoms with E-state index in [2.05, 4.69) is 10.0 Å². The Morgan fingerprint density at radius 2 is 1.76 bits per heavy atom. The molecule has 4 aromatic rings. The minimum Gasteiger partial charge on any atom is -0.494 e. The number of thiophene rings is 1. The Kier molecular flexibility index (Phi) is 8.45. The van der Waals surface area contributed by atoms with Crippen molar-refractivity contribution in [1.82, 2.24) is 4.72 Å². The van der Waals surface area contributed by atoms with Crippen molar-refractivity contribution in [2.24, 2.45) is 0 Å². The summed E-state index contributed by atoms with van der Waals surface area (Å²) in [7, 11) is -2.71. The summed E-state index contributed by atoms with van der Waals surface area (Å²) in [6, 6.07) is 19.6. The average molecular weight is 553 g/mol. The first-order valence-electron chi connectivity index (χ1n) is 11.9. The predicted octanol–water partition coefficient (Wildman–Crippen LogP) is 4.92. The molecule has 3 aromatic carbocycles. The second-order valence-corrected chi connectivity index (χ2v) is 11.4. The molecule has 0 saturated heterocycles. The van der Waals surface area contributed by atoms with Gasteiger partial charge < -0.3 is 14.8 Å². The lowest BCUT2D eigenvalue weighted by Gasteiger charge is -2.19. The highest BCUT2D eigenvalue weighted by Crippen LogP contribution is 2.29. The maximum atomic E-state index is 13.4. The fraction of sp³-hybridized carbons (Fsp3) is 0.214. The summed E-state index contributed by atoms with van der Waals surface area (Å²) < 4.78 is 40.4. The van der Waals surface area contributed by atoms with Gasteiger partial charge in [-0.25, -0.2) is 13.2 Å². The number of benzene rings is 3. The Balaban J connectivity index is 1.59. The molecule has 0 aliphatic rings. The number of ether oxygens (including phenoxy) is 2. The van der Waals surface area contributed by atoms with Crippen molar-refractivity contribution in [1.29, 1.82) is 0 Å². The highest BCUT2D eigenvalue weighted by molar-refractivity contribution is 7.89. The van der Waals surface area contributed by atoms with E-state index >= 15 is 0 Å². The molecule has 1 atom stereocenters. The monoisotopic (exact) mass is 552 g/mol. The van der Waals surface area contributed by atoms with Crippen LogP contribution in [0.5, 0.6) is 5.75 Å². The van der Waals surface area contributed by atoms with Gasteiger partial charge in [-0.3, -0.25) is 4.79 Å². The molecule has 1 heterocycles. The van der Waals surface area contributed by atoms with Gasteiger partial charge in [-0.2, -0.15) is 4.72 Å². The smallest absolute Gasteiger partial charge is 0.348 e. The highest BCUT2D eigenvalue weighted by Gasteiger charge is 2.27. The van der Waals surface area contributed by atoms with Crippen LogP contribution in [0.1, 0.15) is 27.7 Å². The van der Waals surface area contributed by atoms with E-state index in [0.717, 1.165) is 15.6 Å². The molecule has 0 fully saturated rings. The molecule has 1 amide bonds. The van der Waals surface area contributed by atoms with Crippen molar-refractivity contribution in [3.8, 4) is 5.75 Å². The van der Waals surface area contributed by atoms with Gasteiger partial charge in [0.05, 0.1) is 18.6 Å². The van der Waals surface area contributed by atoms with Crippen molar-refractivity contribution in [2.75, 3.05) is 19.0 Å². The van der Waals surface area contributed by atoms with Gasteiger partial charge in [-0.15, -0.1) is 11.3 Å². The fourth-order valence-electron chi connectivity index (χ4n) is 3.95. The summed E-state index contributed by atoms with van der Waals surface area (Å²) >= 11 is 1.29. The highest BCUT2D eigenvalue weighted by atomic mass is 32.2. The van der Waals surface area contributed by atoms with Crippen molar-refractivity contribution in [3.05, 3.63) is 88.8 Å². The lowest BCUT2D eigenvalue weighted by atomic mass is 10.1. The van der Waals surface area contributed by atoms with Crippen molar-refractivity contribution < 1.29 is 27.5 Å². The number of fused-ring (bicyclic) bond motifs is 1. The van der Waals surface area contributed by atoms with Crippen LogP contribution >= 0.6 is 11.3 Å². The molecule has 38 heavy (non-hydrogen) atoms. The molecule has 0 aliphatic carbocycles. The molecule has 0 aliphatic heterocycles. The van der Waals surface area contributed by atoms with E-state index < -0.39 is 27.9 Å². The molecule has 4 rings (SSSR count). The van der Waals surface area contributed by atoms with Crippen molar-refractivity contribution in [3.63, 3.8) is 0 Å². The Bertz CT molecular complexity index is 1570. The van der Waals surface area contributed by atoms with Crippen LogP contribution in [-0.2, 0) is 26.0 Å². The first-order valence-corrected chi connectivity index (χ1v) is 14.2. The van der Waals surface area contributed by atoms with Gasteiger partial charge in [0.1, 0.15) is 16.7 Å². The number of methoxy groups -OCH3 is 1. The average Bonchev–Trinajstić information content (AvgIpc) is 3.33. The molecule has 1 aromatic heterocycles. The van der Waals surface area contributed by atoms with Crippen LogP contribution in [0.2, 0.25) is 0 Å². The molecule has 0 radical (unpaired) electrons. The number of rotatable bonds is 10. The normalized spacial score (nSPS) is 12.2. The van der Waals surface area contributed by atoms with Gasteiger partial charge >= 0.3 is 5.97 Å². The van der Waals surface area contributed by atoms with Crippen LogP contribution in [0, 0.1) is 6.92 Å². The molecule has 198 valence electrons. The number of amides is 1. The Labute approximate surface area is 225 Å². The number of aryl methyl sites for hydroxylation is 1. The summed E-state index contributed by atoms with van der Waals surface area (Å²) in [5.74, 6) is -0.342. The molecular weight excluding hydrogens is 524 g/mol. The zero-order valence-corrected chi connectivity index (χ0v) is 22.8. The van der Waals surface area contributed by atoms with Crippen LogP contribution < -0.4 is 14.8 Å². The summed E-state index contributed by atoms with van der Waals surface area (Å²) in [4.78, 5) is 25.8. The number of hydrogen-bond donors (Lipinski definition) is 2. The second-order valence-electron chi connectivity index (χ2n) is 8.57. The van der Waals surface area contributed by atoms with E-state index in [-0.39, 0.29) is 11.3 Å². The van der Waals surface area contributed by atoms with Crippen LogP contribution in [0.4, 0.5) is 5.69 Å². The van der Waals surface area contributed by atoms with E-state index in [1.807, 2.05) is 37.3 Å². The number of carbonyl (C=O) groups excluding carboxylic acids is 2. The molecule has 10 heteroatoms. The molecule has 0 spiro atoms. The van der Waals surface area contributed by atoms with E-state index in [0.29, 0.717) is 28.5 Å². The summed E-state index contributed by atoms with van der Waals surface area (Å²) in [5.41, 5.74) is 1.95. The fourth-order valence-corrected chi connectivity index (χ4v) is 6.19. The van der Waals surface area contributed by atoms with Crippen LogP contribution in [0.3, 0.4) is 0 Å². The zero-order valence-electron chi connectivity index (χ0n) is 21.2. The number of nitrogens with one attached hydrogen (secondary N) is 2. The molecule has 2 N–H and O–H groups in total. The summed E-state index contributed by atoms with van der Waals surface area (Å²) in [6.07, 6.45) is 0.148. The third-order valence-electron chi connectivity index (χ3n) is 5.82. The third kappa shape index (κ3) is 6.39. The van der Waals surface area contributed by atoms with Gasteiger partial charge in [0.2, 0.25) is 15.9 Å². The Morgan fingerprint density at radius 3 is 2.45 bits per heavy atom. The lowest BCUT2D eigenvalue weighted by molar-refractivity contribution is -0.117. The minimum atomic E-state index is -4.03. The van der Waals surface area contributed by atoms with Gasteiger partial charge in [0.15, 0.2) is 0 Å². The van der Waals surface area contributed by atoms with E-state index in [4.69, 9.17) is 9.47 Å². The number of anilines is 1. The van der Waals surface area contributed by atoms with Gasteiger partial charge in [-0.05, 0) is 79.2 Å². The standard InChI is InChI=1S/C28H28N2O6S2/c1-4-36-24-12-11-22(14-18(24)2)38(33,34)30-23(15-19-8-6-5-7-9-19)27(31)29-21-10-13-25-20(16-21)17-26(37-25)28(32)35-3/h5-14,16-17,23,30H,4,15H2,1-3H3,(H,29,31)/t23-/m0/s1. The van der Waals surface area contributed by atoms with Crippen LogP contribution in [0.15, 0.2) is 77.7 Å². The summed E-state index contributed by atoms with van der Waals surface area (Å²) in [5, 5.41) is 3.58. The molecular formula is C28H28N2O6S2. The number of carbonyl (C=O) groups is 2. The molecule has 0 unspecified atom stereocenters. The van der Waals surface area contributed by atoms with E-state index in [9.17, 15) is 18.0 Å². The number of sulfonamides is 1. The Hall–Kier alpha value is -3.73. The predicted molar refractivity (Wildman–Crippen MR) is 148 cm³/mol. The second kappa shape index (κ2) is 11.8. The van der Waals surface area contributed by atoms with Crippen molar-refractivity contribution >= 4 is 49.0 Å². The van der Waals surface area contributed by atoms with Crippen LogP contribution in [0.25, 0.3) is 10.1 Å². The molecule has 0 bridgehead atoms.